The van der Waals surface area contributed by atoms with Crippen LogP contribution in [0.15, 0.2) is 18.2 Å². The number of carbonyl (C=O) groups is 3. The van der Waals surface area contributed by atoms with Gasteiger partial charge in [0.05, 0.1) is 5.97 Å². The van der Waals surface area contributed by atoms with Crippen LogP contribution in [-0.4, -0.2) is 17.8 Å². The van der Waals surface area contributed by atoms with Gasteiger partial charge in [-0.1, -0.05) is 12.1 Å². The number of nitrogens with one attached hydrogen (secondary N) is 1. The fraction of sp³-hybridized carbons (Fsp3) is 0.471. The summed E-state index contributed by atoms with van der Waals surface area (Å²) in [6.45, 7) is 1.74. The molecule has 1 aromatic carbocycles. The first-order valence-corrected chi connectivity index (χ1v) is 7.72. The van der Waals surface area contributed by atoms with Gasteiger partial charge in [-0.25, -0.2) is 0 Å². The van der Waals surface area contributed by atoms with E-state index < -0.39 is 23.8 Å². The molecule has 2 saturated carbocycles. The quantitative estimate of drug-likeness (QED) is 0.821. The molecule has 3 rings (SSSR count). The van der Waals surface area contributed by atoms with Crippen molar-refractivity contribution in [2.45, 2.75) is 26.2 Å². The largest absolute Gasteiger partial charge is 0.550 e. The molecule has 0 spiro atoms. The van der Waals surface area contributed by atoms with Crippen LogP contribution in [0.1, 0.15) is 35.2 Å². The molecule has 0 aromatic heterocycles. The molecule has 1 N–H and O–H groups in total. The smallest absolute Gasteiger partial charge is 0.228 e. The van der Waals surface area contributed by atoms with Crippen molar-refractivity contribution < 1.29 is 24.6 Å². The van der Waals surface area contributed by atoms with Crippen molar-refractivity contribution >= 4 is 23.5 Å². The topological polar surface area (TPSA) is 109 Å². The molecule has 0 unspecified atom stereocenters. The number of hydrogen-bond acceptors (Lipinski definition) is 5. The molecule has 0 saturated heterocycles. The lowest BCUT2D eigenvalue weighted by Gasteiger charge is -2.31. The fourth-order valence-electron chi connectivity index (χ4n) is 4.11. The molecule has 122 valence electrons. The van der Waals surface area contributed by atoms with E-state index in [0.717, 1.165) is 19.3 Å². The van der Waals surface area contributed by atoms with Crippen LogP contribution in [0, 0.1) is 30.6 Å². The molecule has 0 heterocycles. The highest BCUT2D eigenvalue weighted by Crippen LogP contribution is 2.52. The lowest BCUT2D eigenvalue weighted by Crippen LogP contribution is -2.44. The number of aromatic carboxylic acids is 1. The minimum atomic E-state index is -1.33. The number of carbonyl (C=O) groups excluding carboxylic acids is 3. The normalized spacial score (nSPS) is 28.6. The monoisotopic (exact) mass is 315 g/mol. The molecule has 23 heavy (non-hydrogen) atoms. The first kappa shape index (κ1) is 15.5. The number of anilines is 1. The van der Waals surface area contributed by atoms with Gasteiger partial charge in [-0.2, -0.15) is 0 Å². The van der Waals surface area contributed by atoms with Gasteiger partial charge in [0.15, 0.2) is 0 Å². The van der Waals surface area contributed by atoms with E-state index in [1.807, 2.05) is 0 Å². The molecule has 0 radical (unpaired) electrons. The fourth-order valence-corrected chi connectivity index (χ4v) is 4.11. The summed E-state index contributed by atoms with van der Waals surface area (Å²) in [7, 11) is 0. The highest BCUT2D eigenvalue weighted by atomic mass is 16.4. The van der Waals surface area contributed by atoms with Crippen molar-refractivity contribution in [2.75, 3.05) is 5.32 Å². The van der Waals surface area contributed by atoms with Gasteiger partial charge in [-0.3, -0.25) is 4.79 Å². The molecule has 6 nitrogen and oxygen atoms in total. The summed E-state index contributed by atoms with van der Waals surface area (Å²) >= 11 is 0. The summed E-state index contributed by atoms with van der Waals surface area (Å²) in [6, 6.07) is 4.32. The number of aryl methyl sites for hydroxylation is 1. The van der Waals surface area contributed by atoms with E-state index in [4.69, 9.17) is 0 Å². The van der Waals surface area contributed by atoms with Gasteiger partial charge in [-0.05, 0) is 55.2 Å². The van der Waals surface area contributed by atoms with Gasteiger partial charge >= 0.3 is 0 Å². The lowest BCUT2D eigenvalue weighted by atomic mass is 9.78. The van der Waals surface area contributed by atoms with Crippen LogP contribution in [0.2, 0.25) is 0 Å². The van der Waals surface area contributed by atoms with Crippen molar-refractivity contribution in [2.24, 2.45) is 23.7 Å². The Bertz CT molecular complexity index is 684. The Balaban J connectivity index is 1.83. The van der Waals surface area contributed by atoms with E-state index in [9.17, 15) is 24.6 Å². The highest BCUT2D eigenvalue weighted by molar-refractivity contribution is 5.97. The van der Waals surface area contributed by atoms with Crippen molar-refractivity contribution in [3.8, 4) is 0 Å². The minimum Gasteiger partial charge on any atom is -0.550 e. The van der Waals surface area contributed by atoms with Crippen molar-refractivity contribution in [3.05, 3.63) is 29.3 Å². The van der Waals surface area contributed by atoms with E-state index in [2.05, 4.69) is 5.32 Å². The molecule has 1 amide bonds. The zero-order valence-electron chi connectivity index (χ0n) is 12.7. The van der Waals surface area contributed by atoms with E-state index >= 15 is 0 Å². The molecule has 2 aliphatic carbocycles. The summed E-state index contributed by atoms with van der Waals surface area (Å²) in [5.74, 6) is -4.15. The summed E-state index contributed by atoms with van der Waals surface area (Å²) in [5, 5.41) is 25.0. The maximum atomic E-state index is 12.6. The Labute approximate surface area is 133 Å². The molecule has 0 aliphatic heterocycles. The molecular weight excluding hydrogens is 298 g/mol. The average molecular weight is 315 g/mol. The van der Waals surface area contributed by atoms with Crippen LogP contribution in [0.5, 0.6) is 0 Å². The molecule has 1 aromatic rings. The van der Waals surface area contributed by atoms with Crippen molar-refractivity contribution in [3.63, 3.8) is 0 Å². The molecule has 2 aliphatic rings. The van der Waals surface area contributed by atoms with Crippen LogP contribution in [-0.2, 0) is 9.59 Å². The molecule has 2 bridgehead atoms. The van der Waals surface area contributed by atoms with Crippen molar-refractivity contribution in [1.29, 1.82) is 0 Å². The van der Waals surface area contributed by atoms with E-state index in [-0.39, 0.29) is 23.3 Å². The van der Waals surface area contributed by atoms with Gasteiger partial charge in [0, 0.05) is 23.5 Å². The molecular formula is C17H17NO5-2. The predicted octanol–water partition coefficient (Wildman–Crippen LogP) is -0.291. The molecule has 4 atom stereocenters. The number of carboxylic acids is 2. The third-order valence-corrected chi connectivity index (χ3v) is 5.22. The van der Waals surface area contributed by atoms with Crippen LogP contribution < -0.4 is 15.5 Å². The first-order valence-electron chi connectivity index (χ1n) is 7.72. The second-order valence-electron chi connectivity index (χ2n) is 6.51. The second kappa shape index (κ2) is 5.68. The number of aliphatic carboxylic acids is 1. The number of fused-ring (bicyclic) bond motifs is 2. The average Bonchev–Trinajstić information content (AvgIpc) is 3.09. The predicted molar refractivity (Wildman–Crippen MR) is 77.0 cm³/mol. The van der Waals surface area contributed by atoms with Gasteiger partial charge in [0.25, 0.3) is 0 Å². The van der Waals surface area contributed by atoms with Crippen LogP contribution in [0.25, 0.3) is 0 Å². The van der Waals surface area contributed by atoms with Crippen molar-refractivity contribution in [1.82, 2.24) is 0 Å². The summed E-state index contributed by atoms with van der Waals surface area (Å²) in [5.41, 5.74) is 1.04. The standard InChI is InChI=1S/C17H19NO5/c1-8-2-3-11(16(20)21)7-12(8)18-15(19)13-9-4-5-10(6-9)14(13)17(22)23/h2-3,7,9-10,13-14H,4-6H2,1H3,(H,18,19)(H,20,21)(H,22,23)/p-2/t9-,10+,13-,14+/m1/s1. The highest BCUT2D eigenvalue weighted by Gasteiger charge is 2.51. The number of hydrogen-bond donors (Lipinski definition) is 1. The van der Waals surface area contributed by atoms with Crippen LogP contribution >= 0.6 is 0 Å². The maximum absolute atomic E-state index is 12.6. The molecule has 2 fully saturated rings. The minimum absolute atomic E-state index is 0.0106. The summed E-state index contributed by atoms with van der Waals surface area (Å²) in [4.78, 5) is 34.9. The number of amides is 1. The third kappa shape index (κ3) is 2.69. The second-order valence-corrected chi connectivity index (χ2v) is 6.51. The van der Waals surface area contributed by atoms with Crippen LogP contribution in [0.4, 0.5) is 5.69 Å². The third-order valence-electron chi connectivity index (χ3n) is 5.22. The van der Waals surface area contributed by atoms with E-state index in [1.54, 1.807) is 13.0 Å². The van der Waals surface area contributed by atoms with E-state index in [0.29, 0.717) is 11.3 Å². The van der Waals surface area contributed by atoms with Gasteiger partial charge in [0.1, 0.15) is 0 Å². The maximum Gasteiger partial charge on any atom is 0.228 e. The Morgan fingerprint density at radius 1 is 1.09 bits per heavy atom. The SMILES string of the molecule is Cc1ccc(C(=O)[O-])cc1NC(=O)[C@@H]1[C@@H]2CC[C@@H](C2)[C@@H]1C(=O)[O-]. The lowest BCUT2D eigenvalue weighted by molar-refractivity contribution is -0.314. The first-order chi connectivity index (χ1) is 10.9. The zero-order chi connectivity index (χ0) is 16.7. The zero-order valence-corrected chi connectivity index (χ0v) is 12.7. The number of benzene rings is 1. The Kier molecular flexibility index (Phi) is 3.83. The van der Waals surface area contributed by atoms with Gasteiger partial charge < -0.3 is 25.1 Å². The van der Waals surface area contributed by atoms with Gasteiger partial charge in [0.2, 0.25) is 5.91 Å². The van der Waals surface area contributed by atoms with E-state index in [1.165, 1.54) is 12.1 Å². The number of rotatable bonds is 4. The Morgan fingerprint density at radius 3 is 2.35 bits per heavy atom. The summed E-state index contributed by atoms with van der Waals surface area (Å²) < 4.78 is 0. The molecule has 6 heteroatoms. The summed E-state index contributed by atoms with van der Waals surface area (Å²) in [6.07, 6.45) is 2.42. The Morgan fingerprint density at radius 2 is 1.74 bits per heavy atom. The Hall–Kier alpha value is -2.37. The number of carboxylic acid groups (broad SMARTS) is 2. The van der Waals surface area contributed by atoms with Gasteiger partial charge in [-0.15, -0.1) is 0 Å². The van der Waals surface area contributed by atoms with Crippen LogP contribution in [0.3, 0.4) is 0 Å².